The molecule has 3 atom stereocenters. The Morgan fingerprint density at radius 1 is 0.744 bits per heavy atom. The molecular formula is C33H54O10. The molecule has 0 radical (unpaired) electrons. The summed E-state index contributed by atoms with van der Waals surface area (Å²) in [6.07, 6.45) is 14.6. The minimum Gasteiger partial charge on any atom is -0.462 e. The van der Waals surface area contributed by atoms with Crippen molar-refractivity contribution in [2.75, 3.05) is 39.6 Å². The van der Waals surface area contributed by atoms with E-state index in [1.807, 2.05) is 0 Å². The number of carbonyl (C=O) groups excluding carboxylic acids is 2. The van der Waals surface area contributed by atoms with Crippen LogP contribution in [0.3, 0.4) is 0 Å². The highest BCUT2D eigenvalue weighted by Gasteiger charge is 2.34. The Balaban J connectivity index is 1.19. The van der Waals surface area contributed by atoms with Crippen LogP contribution >= 0.6 is 0 Å². The summed E-state index contributed by atoms with van der Waals surface area (Å²) in [7, 11) is 0. The molecular weight excluding hydrogens is 556 g/mol. The predicted molar refractivity (Wildman–Crippen MR) is 160 cm³/mol. The van der Waals surface area contributed by atoms with E-state index in [4.69, 9.17) is 38.5 Å². The van der Waals surface area contributed by atoms with E-state index in [0.29, 0.717) is 58.1 Å². The second-order valence-corrected chi connectivity index (χ2v) is 12.1. The Hall–Kier alpha value is -1.82. The second-order valence-electron chi connectivity index (χ2n) is 12.1. The summed E-state index contributed by atoms with van der Waals surface area (Å²) >= 11 is 0. The van der Waals surface area contributed by atoms with Crippen LogP contribution in [0.25, 0.3) is 0 Å². The van der Waals surface area contributed by atoms with Crippen molar-refractivity contribution in [3.8, 4) is 0 Å². The van der Waals surface area contributed by atoms with Crippen LogP contribution in [0.15, 0.2) is 25.3 Å². The monoisotopic (exact) mass is 610 g/mol. The van der Waals surface area contributed by atoms with E-state index in [-0.39, 0.29) is 36.1 Å². The van der Waals surface area contributed by atoms with E-state index in [9.17, 15) is 9.59 Å². The lowest BCUT2D eigenvalue weighted by atomic mass is 9.85. The van der Waals surface area contributed by atoms with Crippen molar-refractivity contribution >= 4 is 11.9 Å². The second kappa shape index (κ2) is 21.0. The minimum absolute atomic E-state index is 0.0279. The molecule has 10 heteroatoms. The molecule has 0 heterocycles. The molecule has 0 bridgehead atoms. The Bertz CT molecular complexity index is 804. The number of hydrogen-bond donors (Lipinski definition) is 0. The van der Waals surface area contributed by atoms with Crippen LogP contribution < -0.4 is 0 Å². The first-order valence-corrected chi connectivity index (χ1v) is 16.3. The molecule has 0 aromatic heterocycles. The number of hydrogen-bond acceptors (Lipinski definition) is 10. The van der Waals surface area contributed by atoms with E-state index < -0.39 is 5.97 Å². The summed E-state index contributed by atoms with van der Waals surface area (Å²) in [4.78, 5) is 45.4. The molecule has 3 saturated carbocycles. The van der Waals surface area contributed by atoms with Gasteiger partial charge in [-0.05, 0) is 88.9 Å². The Morgan fingerprint density at radius 3 is 2.05 bits per heavy atom. The van der Waals surface area contributed by atoms with Gasteiger partial charge in [-0.25, -0.2) is 24.3 Å². The normalized spacial score (nSPS) is 29.5. The van der Waals surface area contributed by atoms with Gasteiger partial charge in [0.25, 0.3) is 0 Å². The van der Waals surface area contributed by atoms with Crippen molar-refractivity contribution in [2.24, 2.45) is 17.8 Å². The van der Waals surface area contributed by atoms with Gasteiger partial charge >= 0.3 is 11.9 Å². The van der Waals surface area contributed by atoms with Crippen LogP contribution in [0.1, 0.15) is 90.4 Å². The van der Waals surface area contributed by atoms with Crippen LogP contribution in [0, 0.1) is 17.8 Å². The molecule has 10 nitrogen and oxygen atoms in total. The molecule has 0 N–H and O–H groups in total. The third-order valence-electron chi connectivity index (χ3n) is 8.67. The average molecular weight is 611 g/mol. The molecule has 43 heavy (non-hydrogen) atoms. The van der Waals surface area contributed by atoms with Gasteiger partial charge in [0.15, 0.2) is 0 Å². The Kier molecular flexibility index (Phi) is 17.4. The minimum atomic E-state index is -0.413. The van der Waals surface area contributed by atoms with E-state index in [2.05, 4.69) is 20.1 Å². The first kappa shape index (κ1) is 35.7. The van der Waals surface area contributed by atoms with Gasteiger partial charge in [-0.15, -0.1) is 6.58 Å². The molecule has 0 amide bonds. The quantitative estimate of drug-likeness (QED) is 0.0417. The molecule has 0 aromatic rings. The number of ether oxygens (including phenoxy) is 4. The fourth-order valence-corrected chi connectivity index (χ4v) is 6.05. The van der Waals surface area contributed by atoms with E-state index >= 15 is 0 Å². The van der Waals surface area contributed by atoms with Crippen LogP contribution in [0.5, 0.6) is 0 Å². The van der Waals surface area contributed by atoms with E-state index in [0.717, 1.165) is 83.1 Å². The van der Waals surface area contributed by atoms with Crippen molar-refractivity contribution in [2.45, 2.75) is 115 Å². The van der Waals surface area contributed by atoms with Crippen molar-refractivity contribution < 1.29 is 48.1 Å². The van der Waals surface area contributed by atoms with Crippen LogP contribution in [0.2, 0.25) is 0 Å². The zero-order valence-electron chi connectivity index (χ0n) is 26.1. The van der Waals surface area contributed by atoms with Gasteiger partial charge in [0, 0.05) is 19.1 Å². The molecule has 3 unspecified atom stereocenters. The van der Waals surface area contributed by atoms with Crippen molar-refractivity contribution in [3.05, 3.63) is 25.3 Å². The molecule has 0 aliphatic heterocycles. The third-order valence-corrected chi connectivity index (χ3v) is 8.67. The highest BCUT2D eigenvalue weighted by molar-refractivity contribution is 5.81. The van der Waals surface area contributed by atoms with Gasteiger partial charge in [0.1, 0.15) is 12.7 Å². The first-order chi connectivity index (χ1) is 21.0. The average Bonchev–Trinajstić information content (AvgIpc) is 3.02. The predicted octanol–water partition coefficient (Wildman–Crippen LogP) is 5.83. The number of rotatable bonds is 20. The van der Waals surface area contributed by atoms with Crippen LogP contribution in [0.4, 0.5) is 0 Å². The standard InChI is InChI=1S/C33H54O10/c1-4-18-39-40-22-7-20-37-28-12-8-26(9-13-28)24-41-43-31-17-16-30(23-25(31)3)42-33(35)27-10-14-29(15-11-27)36-19-6-21-38-32(34)5-2/h4-5,25-31H,1-2,6-24H2,3H3. The molecule has 3 aliphatic rings. The molecule has 0 spiro atoms. The fourth-order valence-electron chi connectivity index (χ4n) is 6.05. The van der Waals surface area contributed by atoms with Gasteiger partial charge in [-0.1, -0.05) is 19.6 Å². The van der Waals surface area contributed by atoms with Crippen molar-refractivity contribution in [1.82, 2.24) is 0 Å². The molecule has 0 aromatic carbocycles. The maximum absolute atomic E-state index is 12.8. The smallest absolute Gasteiger partial charge is 0.330 e. The topological polar surface area (TPSA) is 108 Å². The summed E-state index contributed by atoms with van der Waals surface area (Å²) in [5.41, 5.74) is 0. The van der Waals surface area contributed by atoms with Gasteiger partial charge in [-0.3, -0.25) is 4.79 Å². The number of carbonyl (C=O) groups is 2. The number of esters is 2. The highest BCUT2D eigenvalue weighted by atomic mass is 17.2. The van der Waals surface area contributed by atoms with Crippen LogP contribution in [-0.4, -0.2) is 76.0 Å². The van der Waals surface area contributed by atoms with Gasteiger partial charge in [0.2, 0.25) is 0 Å². The lowest BCUT2D eigenvalue weighted by Crippen LogP contribution is -2.37. The van der Waals surface area contributed by atoms with Crippen molar-refractivity contribution in [3.63, 3.8) is 0 Å². The largest absolute Gasteiger partial charge is 0.462 e. The maximum Gasteiger partial charge on any atom is 0.330 e. The molecule has 246 valence electrons. The molecule has 3 rings (SSSR count). The molecule has 3 aliphatic carbocycles. The maximum atomic E-state index is 12.8. The summed E-state index contributed by atoms with van der Waals surface area (Å²) in [5, 5.41) is 0. The van der Waals surface area contributed by atoms with Crippen LogP contribution in [-0.2, 0) is 48.1 Å². The highest BCUT2D eigenvalue weighted by Crippen LogP contribution is 2.33. The SMILES string of the molecule is C=CCOOCCCOC1CCC(COOC2CCC(OC(=O)C3CCC(OCCCOC(=O)C=C)CC3)CC2C)CC1. The first-order valence-electron chi connectivity index (χ1n) is 16.3. The van der Waals surface area contributed by atoms with Gasteiger partial charge < -0.3 is 18.9 Å². The van der Waals surface area contributed by atoms with Gasteiger partial charge in [0.05, 0.1) is 50.7 Å². The Labute approximate surface area is 257 Å². The Morgan fingerprint density at radius 2 is 1.40 bits per heavy atom. The summed E-state index contributed by atoms with van der Waals surface area (Å²) in [6.45, 7) is 12.2. The summed E-state index contributed by atoms with van der Waals surface area (Å²) in [6, 6.07) is 0. The van der Waals surface area contributed by atoms with Crippen molar-refractivity contribution in [1.29, 1.82) is 0 Å². The summed E-state index contributed by atoms with van der Waals surface area (Å²) < 4.78 is 22.8. The fraction of sp³-hybridized carbons (Fsp3) is 0.818. The lowest BCUT2D eigenvalue weighted by Gasteiger charge is -2.34. The lowest BCUT2D eigenvalue weighted by molar-refractivity contribution is -0.344. The third kappa shape index (κ3) is 14.2. The molecule has 3 fully saturated rings. The summed E-state index contributed by atoms with van der Waals surface area (Å²) in [5.74, 6) is 0.205. The zero-order valence-corrected chi connectivity index (χ0v) is 26.1. The van der Waals surface area contributed by atoms with E-state index in [1.54, 1.807) is 6.08 Å². The van der Waals surface area contributed by atoms with E-state index in [1.165, 1.54) is 0 Å². The zero-order chi connectivity index (χ0) is 30.7. The van der Waals surface area contributed by atoms with Gasteiger partial charge in [-0.2, -0.15) is 0 Å². The molecule has 0 saturated heterocycles.